The number of hydrogen-bond acceptors (Lipinski definition) is 3. The van der Waals surface area contributed by atoms with Crippen molar-refractivity contribution < 1.29 is 4.74 Å². The van der Waals surface area contributed by atoms with Gasteiger partial charge in [0.25, 0.3) is 0 Å². The fourth-order valence-electron chi connectivity index (χ4n) is 1.07. The van der Waals surface area contributed by atoms with Crippen LogP contribution >= 0.6 is 12.6 Å². The monoisotopic (exact) mass is 209 g/mol. The van der Waals surface area contributed by atoms with Crippen molar-refractivity contribution in [2.75, 3.05) is 0 Å². The zero-order valence-electron chi connectivity index (χ0n) is 8.40. The first kappa shape index (κ1) is 11.0. The molecule has 1 rings (SSSR count). The molecular weight excluding hydrogens is 194 g/mol. The molecule has 0 spiro atoms. The van der Waals surface area contributed by atoms with Crippen molar-refractivity contribution in [1.29, 1.82) is 0 Å². The van der Waals surface area contributed by atoms with Crippen molar-refractivity contribution in [2.24, 2.45) is 5.73 Å². The number of benzene rings is 1. The molecule has 1 aromatic carbocycles. The average molecular weight is 209 g/mol. The lowest BCUT2D eigenvalue weighted by Gasteiger charge is -2.09. The largest absolute Gasteiger partial charge is 0.491 e. The molecule has 0 amide bonds. The molecule has 0 atom stereocenters. The summed E-state index contributed by atoms with van der Waals surface area (Å²) < 4.78 is 5.50. The van der Waals surface area contributed by atoms with Gasteiger partial charge in [-0.25, -0.2) is 0 Å². The van der Waals surface area contributed by atoms with Gasteiger partial charge in [0.2, 0.25) is 0 Å². The third-order valence-electron chi connectivity index (χ3n) is 1.70. The quantitative estimate of drug-likeness (QED) is 0.751. The third kappa shape index (κ3) is 3.00. The van der Waals surface area contributed by atoms with Crippen LogP contribution in [0.25, 0.3) is 5.70 Å². The van der Waals surface area contributed by atoms with E-state index in [0.29, 0.717) is 5.70 Å². The Labute approximate surface area is 90.2 Å². The molecule has 0 radical (unpaired) electrons. The highest BCUT2D eigenvalue weighted by atomic mass is 32.1. The minimum absolute atomic E-state index is 0.193. The Bertz CT molecular complexity index is 317. The number of hydrogen-bond donors (Lipinski definition) is 2. The summed E-state index contributed by atoms with van der Waals surface area (Å²) in [6.45, 7) is 3.99. The summed E-state index contributed by atoms with van der Waals surface area (Å²) in [6.07, 6.45) is 0.193. The summed E-state index contributed by atoms with van der Waals surface area (Å²) in [4.78, 5) is 0. The molecule has 0 saturated carbocycles. The van der Waals surface area contributed by atoms with Crippen LogP contribution in [0.3, 0.4) is 0 Å². The van der Waals surface area contributed by atoms with Crippen LogP contribution in [-0.4, -0.2) is 6.10 Å². The first-order valence-corrected chi connectivity index (χ1v) is 5.02. The van der Waals surface area contributed by atoms with E-state index < -0.39 is 0 Å². The van der Waals surface area contributed by atoms with Gasteiger partial charge < -0.3 is 10.5 Å². The normalized spacial score (nSPS) is 11.9. The van der Waals surface area contributed by atoms with Crippen LogP contribution in [0.5, 0.6) is 5.75 Å². The van der Waals surface area contributed by atoms with E-state index in [2.05, 4.69) is 12.6 Å². The maximum atomic E-state index is 5.69. The van der Waals surface area contributed by atoms with Gasteiger partial charge in [0, 0.05) is 5.70 Å². The van der Waals surface area contributed by atoms with Gasteiger partial charge in [-0.05, 0) is 49.1 Å². The van der Waals surface area contributed by atoms with E-state index in [1.54, 1.807) is 5.41 Å². The second-order valence-corrected chi connectivity index (χ2v) is 3.53. The van der Waals surface area contributed by atoms with Crippen molar-refractivity contribution in [3.8, 4) is 5.75 Å². The van der Waals surface area contributed by atoms with Crippen LogP contribution in [0, 0.1) is 0 Å². The highest BCUT2D eigenvalue weighted by molar-refractivity contribution is 7.83. The van der Waals surface area contributed by atoms with E-state index >= 15 is 0 Å². The van der Waals surface area contributed by atoms with Crippen LogP contribution in [0.15, 0.2) is 29.7 Å². The van der Waals surface area contributed by atoms with E-state index in [4.69, 9.17) is 10.5 Å². The molecule has 0 unspecified atom stereocenters. The molecule has 76 valence electrons. The summed E-state index contributed by atoms with van der Waals surface area (Å²) in [6, 6.07) is 7.64. The number of thiol groups is 1. The van der Waals surface area contributed by atoms with Crippen LogP contribution in [-0.2, 0) is 0 Å². The summed E-state index contributed by atoms with van der Waals surface area (Å²) in [5, 5.41) is 1.58. The maximum absolute atomic E-state index is 5.69. The summed E-state index contributed by atoms with van der Waals surface area (Å²) >= 11 is 3.99. The van der Waals surface area contributed by atoms with Gasteiger partial charge in [-0.15, -0.1) is 12.6 Å². The second-order valence-electron chi connectivity index (χ2n) is 3.28. The molecule has 3 heteroatoms. The van der Waals surface area contributed by atoms with Crippen LogP contribution in [0.2, 0.25) is 0 Å². The highest BCUT2D eigenvalue weighted by Crippen LogP contribution is 2.17. The molecule has 0 aliphatic carbocycles. The zero-order chi connectivity index (χ0) is 10.6. The Morgan fingerprint density at radius 2 is 1.93 bits per heavy atom. The van der Waals surface area contributed by atoms with E-state index in [0.717, 1.165) is 11.3 Å². The van der Waals surface area contributed by atoms with E-state index in [-0.39, 0.29) is 6.10 Å². The predicted octanol–water partition coefficient (Wildman–Crippen LogP) is 2.66. The van der Waals surface area contributed by atoms with Crippen LogP contribution in [0.4, 0.5) is 0 Å². The summed E-state index contributed by atoms with van der Waals surface area (Å²) in [7, 11) is 0. The molecule has 1 aromatic rings. The van der Waals surface area contributed by atoms with Crippen molar-refractivity contribution in [3.05, 3.63) is 35.2 Å². The third-order valence-corrected chi connectivity index (χ3v) is 1.98. The molecule has 2 nitrogen and oxygen atoms in total. The molecule has 0 aliphatic rings. The molecule has 0 aromatic heterocycles. The molecule has 2 N–H and O–H groups in total. The molecule has 0 saturated heterocycles. The molecule has 0 bridgehead atoms. The lowest BCUT2D eigenvalue weighted by atomic mass is 10.2. The number of rotatable bonds is 3. The lowest BCUT2D eigenvalue weighted by molar-refractivity contribution is 0.242. The average Bonchev–Trinajstić information content (AvgIpc) is 2.17. The van der Waals surface area contributed by atoms with E-state index in [1.165, 1.54) is 0 Å². The van der Waals surface area contributed by atoms with Gasteiger partial charge >= 0.3 is 0 Å². The topological polar surface area (TPSA) is 35.2 Å². The lowest BCUT2D eigenvalue weighted by Crippen LogP contribution is -2.05. The Morgan fingerprint density at radius 3 is 2.36 bits per heavy atom. The smallest absolute Gasteiger partial charge is 0.119 e. The summed E-state index contributed by atoms with van der Waals surface area (Å²) in [5.41, 5.74) is 7.30. The van der Waals surface area contributed by atoms with Gasteiger partial charge in [0.15, 0.2) is 0 Å². The standard InChI is InChI=1S/C11H15NOS/c1-8(2)13-10-5-3-9(4-6-10)11(12)7-14/h3-8,14H,12H2,1-2H3/b11-7-. The van der Waals surface area contributed by atoms with Crippen molar-refractivity contribution in [1.82, 2.24) is 0 Å². The van der Waals surface area contributed by atoms with Crippen molar-refractivity contribution in [3.63, 3.8) is 0 Å². The molecule has 0 heterocycles. The fraction of sp³-hybridized carbons (Fsp3) is 0.273. The van der Waals surface area contributed by atoms with E-state index in [1.807, 2.05) is 38.1 Å². The fourth-order valence-corrected chi connectivity index (χ4v) is 1.22. The maximum Gasteiger partial charge on any atom is 0.119 e. The van der Waals surface area contributed by atoms with Crippen LogP contribution < -0.4 is 10.5 Å². The minimum Gasteiger partial charge on any atom is -0.491 e. The van der Waals surface area contributed by atoms with Gasteiger partial charge in [-0.2, -0.15) is 0 Å². The molecule has 14 heavy (non-hydrogen) atoms. The molecular formula is C11H15NOS. The first-order chi connectivity index (χ1) is 6.63. The predicted molar refractivity (Wildman–Crippen MR) is 63.4 cm³/mol. The summed E-state index contributed by atoms with van der Waals surface area (Å²) in [5.74, 6) is 0.857. The zero-order valence-corrected chi connectivity index (χ0v) is 9.29. The van der Waals surface area contributed by atoms with Gasteiger partial charge in [0.1, 0.15) is 5.75 Å². The highest BCUT2D eigenvalue weighted by Gasteiger charge is 1.98. The van der Waals surface area contributed by atoms with Crippen molar-refractivity contribution >= 4 is 18.3 Å². The molecule has 0 fully saturated rings. The SMILES string of the molecule is CC(C)Oc1ccc(/C(N)=C/S)cc1. The second kappa shape index (κ2) is 4.96. The Balaban J connectivity index is 2.78. The Kier molecular flexibility index (Phi) is 3.89. The minimum atomic E-state index is 0.193. The van der Waals surface area contributed by atoms with Gasteiger partial charge in [-0.1, -0.05) is 0 Å². The van der Waals surface area contributed by atoms with Gasteiger partial charge in [-0.3, -0.25) is 0 Å². The van der Waals surface area contributed by atoms with E-state index in [9.17, 15) is 0 Å². The molecule has 0 aliphatic heterocycles. The number of ether oxygens (including phenoxy) is 1. The first-order valence-electron chi connectivity index (χ1n) is 4.50. The van der Waals surface area contributed by atoms with Gasteiger partial charge in [0.05, 0.1) is 6.10 Å². The van der Waals surface area contributed by atoms with Crippen molar-refractivity contribution in [2.45, 2.75) is 20.0 Å². The number of nitrogens with two attached hydrogens (primary N) is 1. The Hall–Kier alpha value is -1.09. The Morgan fingerprint density at radius 1 is 1.36 bits per heavy atom. The van der Waals surface area contributed by atoms with Crippen LogP contribution in [0.1, 0.15) is 19.4 Å².